The lowest BCUT2D eigenvalue weighted by Crippen LogP contribution is -1.95. The van der Waals surface area contributed by atoms with Crippen LogP contribution in [0.15, 0.2) is 29.4 Å². The molecule has 0 saturated heterocycles. The summed E-state index contributed by atoms with van der Waals surface area (Å²) in [5, 5.41) is 0. The van der Waals surface area contributed by atoms with Crippen LogP contribution in [0.2, 0.25) is 0 Å². The first-order valence-corrected chi connectivity index (χ1v) is 3.73. The van der Waals surface area contributed by atoms with E-state index in [1.165, 1.54) is 0 Å². The fourth-order valence-electron chi connectivity index (χ4n) is 0.448. The van der Waals surface area contributed by atoms with E-state index in [0.29, 0.717) is 0 Å². The number of hydrogen-bond donors (Lipinski definition) is 1. The molecule has 0 bridgehead atoms. The van der Waals surface area contributed by atoms with Gasteiger partial charge in [0.1, 0.15) is 0 Å². The molecule has 0 aromatic carbocycles. The number of hydrogen-bond acceptors (Lipinski definition) is 2. The number of rotatable bonds is 2. The Kier molecular flexibility index (Phi) is 10.3. The van der Waals surface area contributed by atoms with Crippen LogP contribution in [0.1, 0.15) is 20.8 Å². The lowest BCUT2D eigenvalue weighted by atomic mass is 10.3. The first-order chi connectivity index (χ1) is 5.20. The van der Waals surface area contributed by atoms with Gasteiger partial charge >= 0.3 is 0 Å². The Bertz CT molecular complexity index is 151. The molecule has 0 saturated carbocycles. The molecule has 0 aromatic heterocycles. The summed E-state index contributed by atoms with van der Waals surface area (Å²) in [5.41, 5.74) is 6.94. The third-order valence-corrected chi connectivity index (χ3v) is 0.843. The van der Waals surface area contributed by atoms with Gasteiger partial charge in [0.15, 0.2) is 0 Å². The molecule has 0 radical (unpaired) electrons. The number of aliphatic imine (C=N–C) groups is 1. The monoisotopic (exact) mass is 154 g/mol. The number of allylic oxidation sites excluding steroid dienone is 3. The van der Waals surface area contributed by atoms with Crippen molar-refractivity contribution in [1.82, 2.24) is 0 Å². The van der Waals surface area contributed by atoms with Gasteiger partial charge in [-0.3, -0.25) is 4.99 Å². The molecule has 0 fully saturated rings. The lowest BCUT2D eigenvalue weighted by Gasteiger charge is -1.90. The van der Waals surface area contributed by atoms with E-state index >= 15 is 0 Å². The molecule has 0 heterocycles. The molecule has 0 rings (SSSR count). The quantitative estimate of drug-likeness (QED) is 0.608. The van der Waals surface area contributed by atoms with Crippen LogP contribution in [0.5, 0.6) is 0 Å². The van der Waals surface area contributed by atoms with Gasteiger partial charge in [0, 0.05) is 12.7 Å². The van der Waals surface area contributed by atoms with Gasteiger partial charge in [-0.05, 0) is 19.1 Å². The van der Waals surface area contributed by atoms with E-state index in [0.717, 1.165) is 11.4 Å². The first kappa shape index (κ1) is 12.6. The zero-order valence-corrected chi connectivity index (χ0v) is 7.89. The van der Waals surface area contributed by atoms with Gasteiger partial charge in [-0.25, -0.2) is 0 Å². The molecule has 0 aliphatic carbocycles. The van der Waals surface area contributed by atoms with Crippen molar-refractivity contribution in [1.29, 1.82) is 0 Å². The second-order valence-electron chi connectivity index (χ2n) is 1.74. The third-order valence-electron chi connectivity index (χ3n) is 0.843. The second-order valence-corrected chi connectivity index (χ2v) is 1.74. The Morgan fingerprint density at radius 3 is 2.00 bits per heavy atom. The van der Waals surface area contributed by atoms with E-state index in [4.69, 9.17) is 5.73 Å². The maximum atomic E-state index is 5.38. The van der Waals surface area contributed by atoms with Crippen molar-refractivity contribution < 1.29 is 0 Å². The topological polar surface area (TPSA) is 38.4 Å². The first-order valence-electron chi connectivity index (χ1n) is 3.73. The summed E-state index contributed by atoms with van der Waals surface area (Å²) in [7, 11) is 1.70. The van der Waals surface area contributed by atoms with Crippen molar-refractivity contribution in [3.8, 4) is 0 Å². The highest BCUT2D eigenvalue weighted by Gasteiger charge is 1.82. The zero-order chi connectivity index (χ0) is 9.28. The summed E-state index contributed by atoms with van der Waals surface area (Å²) >= 11 is 0. The molecule has 0 aromatic rings. The SMILES string of the molecule is C=CC(/C=C(/C)N)=NC.CC. The van der Waals surface area contributed by atoms with Crippen molar-refractivity contribution >= 4 is 5.71 Å². The summed E-state index contributed by atoms with van der Waals surface area (Å²) in [5.74, 6) is 0. The predicted molar refractivity (Wildman–Crippen MR) is 52.8 cm³/mol. The molecule has 0 aliphatic rings. The standard InChI is InChI=1S/C7H12N2.C2H6/c1-4-7(9-3)5-6(2)8;1-2/h4-5H,1,8H2,2-3H3;1-2H3/b6-5-,9-7?;. The van der Waals surface area contributed by atoms with Gasteiger partial charge in [-0.15, -0.1) is 0 Å². The molecule has 2 N–H and O–H groups in total. The highest BCUT2D eigenvalue weighted by molar-refractivity contribution is 6.03. The highest BCUT2D eigenvalue weighted by atomic mass is 14.7. The van der Waals surface area contributed by atoms with Crippen LogP contribution in [-0.4, -0.2) is 12.8 Å². The summed E-state index contributed by atoms with van der Waals surface area (Å²) in [6.45, 7) is 9.37. The number of nitrogens with zero attached hydrogens (tertiary/aromatic N) is 1. The Balaban J connectivity index is 0. The van der Waals surface area contributed by atoms with Crippen molar-refractivity contribution in [3.63, 3.8) is 0 Å². The summed E-state index contributed by atoms with van der Waals surface area (Å²) in [6.07, 6.45) is 3.43. The molecule has 64 valence electrons. The van der Waals surface area contributed by atoms with Gasteiger partial charge < -0.3 is 5.73 Å². The molecule has 2 heteroatoms. The minimum atomic E-state index is 0.746. The normalized spacial score (nSPS) is 11.6. The molecule has 0 atom stereocenters. The van der Waals surface area contributed by atoms with Crippen molar-refractivity contribution in [2.45, 2.75) is 20.8 Å². The van der Waals surface area contributed by atoms with E-state index in [1.807, 2.05) is 20.8 Å². The van der Waals surface area contributed by atoms with Gasteiger partial charge in [0.2, 0.25) is 0 Å². The van der Waals surface area contributed by atoms with Crippen molar-refractivity contribution in [2.75, 3.05) is 7.05 Å². The Morgan fingerprint density at radius 2 is 1.91 bits per heavy atom. The average molecular weight is 154 g/mol. The average Bonchev–Trinajstić information content (AvgIpc) is 2.03. The molecule has 0 unspecified atom stereocenters. The van der Waals surface area contributed by atoms with Gasteiger partial charge in [-0.2, -0.15) is 0 Å². The van der Waals surface area contributed by atoms with Gasteiger partial charge in [0.25, 0.3) is 0 Å². The number of nitrogens with two attached hydrogens (primary N) is 1. The van der Waals surface area contributed by atoms with E-state index < -0.39 is 0 Å². The predicted octanol–water partition coefficient (Wildman–Crippen LogP) is 2.13. The second kappa shape index (κ2) is 8.95. The summed E-state index contributed by atoms with van der Waals surface area (Å²) in [4.78, 5) is 3.89. The minimum absolute atomic E-state index is 0.746. The van der Waals surface area contributed by atoms with Gasteiger partial charge in [-0.1, -0.05) is 20.4 Å². The molecule has 0 amide bonds. The Morgan fingerprint density at radius 1 is 1.45 bits per heavy atom. The third kappa shape index (κ3) is 8.95. The van der Waals surface area contributed by atoms with E-state index in [-0.39, 0.29) is 0 Å². The zero-order valence-electron chi connectivity index (χ0n) is 7.89. The van der Waals surface area contributed by atoms with Crippen LogP contribution >= 0.6 is 0 Å². The molecule has 2 nitrogen and oxygen atoms in total. The summed E-state index contributed by atoms with van der Waals surface area (Å²) in [6, 6.07) is 0. The fraction of sp³-hybridized carbons (Fsp3) is 0.444. The van der Waals surface area contributed by atoms with E-state index in [1.54, 1.807) is 19.2 Å². The van der Waals surface area contributed by atoms with Crippen molar-refractivity contribution in [3.05, 3.63) is 24.4 Å². The van der Waals surface area contributed by atoms with Crippen LogP contribution in [0, 0.1) is 0 Å². The smallest absolute Gasteiger partial charge is 0.0581 e. The maximum Gasteiger partial charge on any atom is 0.0581 e. The van der Waals surface area contributed by atoms with Crippen LogP contribution in [0.4, 0.5) is 0 Å². The van der Waals surface area contributed by atoms with Crippen LogP contribution in [0.25, 0.3) is 0 Å². The van der Waals surface area contributed by atoms with E-state index in [9.17, 15) is 0 Å². The lowest BCUT2D eigenvalue weighted by molar-refractivity contribution is 1.32. The highest BCUT2D eigenvalue weighted by Crippen LogP contribution is 1.85. The maximum absolute atomic E-state index is 5.38. The Hall–Kier alpha value is -1.05. The van der Waals surface area contributed by atoms with E-state index in [2.05, 4.69) is 11.6 Å². The molecule has 11 heavy (non-hydrogen) atoms. The fourth-order valence-corrected chi connectivity index (χ4v) is 0.448. The van der Waals surface area contributed by atoms with Crippen LogP contribution in [0.3, 0.4) is 0 Å². The molecular formula is C9H18N2. The van der Waals surface area contributed by atoms with Crippen molar-refractivity contribution in [2.24, 2.45) is 10.7 Å². The Labute approximate surface area is 69.5 Å². The van der Waals surface area contributed by atoms with Gasteiger partial charge in [0.05, 0.1) is 5.71 Å². The van der Waals surface area contributed by atoms with Crippen LogP contribution in [-0.2, 0) is 0 Å². The molecular weight excluding hydrogens is 136 g/mol. The summed E-state index contributed by atoms with van der Waals surface area (Å²) < 4.78 is 0. The molecule has 0 aliphatic heterocycles. The largest absolute Gasteiger partial charge is 0.402 e. The minimum Gasteiger partial charge on any atom is -0.402 e. The molecule has 0 spiro atoms. The van der Waals surface area contributed by atoms with Crippen LogP contribution < -0.4 is 5.73 Å².